The summed E-state index contributed by atoms with van der Waals surface area (Å²) in [7, 11) is 0. The van der Waals surface area contributed by atoms with E-state index in [2.05, 4.69) is 14.7 Å². The molecular weight excluding hydrogens is 457 g/mol. The van der Waals surface area contributed by atoms with E-state index >= 15 is 0 Å². The van der Waals surface area contributed by atoms with Gasteiger partial charge in [0.1, 0.15) is 6.10 Å². The predicted octanol–water partition coefficient (Wildman–Crippen LogP) is 6.81. The maximum absolute atomic E-state index is 13.2. The quantitative estimate of drug-likeness (QED) is 0.199. The average molecular weight is 476 g/mol. The normalized spacial score (nSPS) is 11.9. The molecule has 164 valence electrons. The van der Waals surface area contributed by atoms with E-state index in [1.807, 2.05) is 53.9 Å². The van der Waals surface area contributed by atoms with Gasteiger partial charge in [-0.15, -0.1) is 11.3 Å². The number of pyridine rings is 1. The van der Waals surface area contributed by atoms with Crippen molar-refractivity contribution < 1.29 is 13.9 Å². The van der Waals surface area contributed by atoms with Gasteiger partial charge in [-0.1, -0.05) is 24.3 Å². The van der Waals surface area contributed by atoms with Crippen molar-refractivity contribution in [1.29, 1.82) is 0 Å². The number of aromatic nitrogens is 2. The summed E-state index contributed by atoms with van der Waals surface area (Å²) in [5.41, 5.74) is 4.86. The van der Waals surface area contributed by atoms with E-state index in [4.69, 9.17) is 4.42 Å². The number of nitrogens with zero attached hydrogens (tertiary/aromatic N) is 2. The molecule has 3 heterocycles. The summed E-state index contributed by atoms with van der Waals surface area (Å²) in [5.74, 6) is -0.524. The topological polar surface area (TPSA) is 71.2 Å². The highest BCUT2D eigenvalue weighted by molar-refractivity contribution is 8.00. The second kappa shape index (κ2) is 9.58. The zero-order valence-corrected chi connectivity index (χ0v) is 18.8. The number of aliphatic hydroxyl groups is 1. The van der Waals surface area contributed by atoms with Crippen LogP contribution < -0.4 is 4.72 Å². The van der Waals surface area contributed by atoms with Gasteiger partial charge in [-0.05, 0) is 70.6 Å². The summed E-state index contributed by atoms with van der Waals surface area (Å²) in [6.45, 7) is 0. The third-order valence-corrected chi connectivity index (χ3v) is 6.75. The number of anilines is 1. The average Bonchev–Trinajstić information content (AvgIpc) is 3.57. The van der Waals surface area contributed by atoms with Crippen LogP contribution in [0.15, 0.2) is 100 Å². The Morgan fingerprint density at radius 1 is 0.970 bits per heavy atom. The van der Waals surface area contributed by atoms with Crippen molar-refractivity contribution in [3.8, 4) is 22.3 Å². The summed E-state index contributed by atoms with van der Waals surface area (Å²) in [4.78, 5) is 8.96. The molecule has 0 radical (unpaired) electrons. The molecule has 0 aliphatic rings. The Morgan fingerprint density at radius 3 is 2.52 bits per heavy atom. The summed E-state index contributed by atoms with van der Waals surface area (Å²) < 4.78 is 21.7. The van der Waals surface area contributed by atoms with E-state index in [1.54, 1.807) is 24.8 Å². The first-order chi connectivity index (χ1) is 16.2. The van der Waals surface area contributed by atoms with Crippen molar-refractivity contribution in [2.45, 2.75) is 11.0 Å². The minimum Gasteiger partial charge on any atom is -0.472 e. The van der Waals surface area contributed by atoms with E-state index in [0.717, 1.165) is 43.4 Å². The van der Waals surface area contributed by atoms with Gasteiger partial charge in [0.05, 0.1) is 12.5 Å². The van der Waals surface area contributed by atoms with Crippen LogP contribution in [-0.4, -0.2) is 15.1 Å². The molecule has 2 aromatic carbocycles. The Bertz CT molecular complexity index is 1320. The van der Waals surface area contributed by atoms with E-state index in [9.17, 15) is 9.50 Å². The monoisotopic (exact) mass is 475 g/mol. The Kier molecular flexibility index (Phi) is 6.21. The number of hydrogen-bond donors (Lipinski definition) is 2. The molecule has 0 fully saturated rings. The molecule has 3 aromatic heterocycles. The van der Waals surface area contributed by atoms with Gasteiger partial charge < -0.3 is 14.2 Å². The van der Waals surface area contributed by atoms with Gasteiger partial charge in [0, 0.05) is 33.8 Å². The number of hydrogen-bond acceptors (Lipinski definition) is 7. The molecule has 5 rings (SSSR count). The SMILES string of the molecule is OC(c1ccc(SNc2nccs2)cc1)c1ccc(-c2ccc(F)nc2)cc1-c1ccoc1. The lowest BCUT2D eigenvalue weighted by Gasteiger charge is -2.17. The van der Waals surface area contributed by atoms with Crippen LogP contribution in [-0.2, 0) is 0 Å². The molecule has 0 amide bonds. The second-order valence-corrected chi connectivity index (χ2v) is 8.97. The van der Waals surface area contributed by atoms with Crippen molar-refractivity contribution >= 4 is 28.4 Å². The molecular formula is C25H18FN3O2S2. The molecule has 0 aliphatic carbocycles. The van der Waals surface area contributed by atoms with Crippen LogP contribution in [0.1, 0.15) is 17.2 Å². The highest BCUT2D eigenvalue weighted by atomic mass is 32.2. The van der Waals surface area contributed by atoms with Crippen LogP contribution in [0.2, 0.25) is 0 Å². The Balaban J connectivity index is 1.43. The third kappa shape index (κ3) is 4.83. The van der Waals surface area contributed by atoms with Gasteiger partial charge in [-0.2, -0.15) is 4.39 Å². The van der Waals surface area contributed by atoms with Crippen LogP contribution in [0, 0.1) is 5.95 Å². The maximum atomic E-state index is 13.2. The van der Waals surface area contributed by atoms with Crippen LogP contribution >= 0.6 is 23.3 Å². The zero-order chi connectivity index (χ0) is 22.6. The first kappa shape index (κ1) is 21.4. The molecule has 5 nitrogen and oxygen atoms in total. The van der Waals surface area contributed by atoms with E-state index in [-0.39, 0.29) is 0 Å². The van der Waals surface area contributed by atoms with Crippen LogP contribution in [0.5, 0.6) is 0 Å². The van der Waals surface area contributed by atoms with Gasteiger partial charge in [0.2, 0.25) is 5.95 Å². The summed E-state index contributed by atoms with van der Waals surface area (Å²) in [6.07, 6.45) is 5.65. The van der Waals surface area contributed by atoms with Crippen LogP contribution in [0.25, 0.3) is 22.3 Å². The first-order valence-electron chi connectivity index (χ1n) is 10.1. The van der Waals surface area contributed by atoms with Gasteiger partial charge in [0.25, 0.3) is 0 Å². The minimum atomic E-state index is -0.832. The molecule has 0 aliphatic heterocycles. The van der Waals surface area contributed by atoms with Crippen molar-refractivity contribution in [2.24, 2.45) is 0 Å². The summed E-state index contributed by atoms with van der Waals surface area (Å²) in [6, 6.07) is 18.3. The molecule has 1 atom stereocenters. The maximum Gasteiger partial charge on any atom is 0.212 e. The largest absolute Gasteiger partial charge is 0.472 e. The van der Waals surface area contributed by atoms with Gasteiger partial charge in [-0.25, -0.2) is 9.97 Å². The Labute approximate surface area is 198 Å². The third-order valence-electron chi connectivity index (χ3n) is 5.13. The van der Waals surface area contributed by atoms with Gasteiger partial charge >= 0.3 is 0 Å². The lowest BCUT2D eigenvalue weighted by molar-refractivity contribution is 0.221. The fourth-order valence-electron chi connectivity index (χ4n) is 3.46. The number of rotatable bonds is 7. The number of benzene rings is 2. The van der Waals surface area contributed by atoms with E-state index in [0.29, 0.717) is 0 Å². The van der Waals surface area contributed by atoms with Crippen LogP contribution in [0.3, 0.4) is 0 Å². The molecule has 0 spiro atoms. The van der Waals surface area contributed by atoms with Gasteiger partial charge in [0.15, 0.2) is 5.13 Å². The lowest BCUT2D eigenvalue weighted by Crippen LogP contribution is -2.02. The standard InChI is InChI=1S/C25H18FN3O2S2/c26-23-8-4-18(14-28-23)17-3-7-21(22(13-17)19-9-11-31-15-19)24(30)16-1-5-20(6-2-16)33-29-25-27-10-12-32-25/h1-15,24,30H,(H,27,29). The number of nitrogens with one attached hydrogen (secondary N) is 1. The Morgan fingerprint density at radius 2 is 1.82 bits per heavy atom. The van der Waals surface area contributed by atoms with Crippen molar-refractivity contribution in [2.75, 3.05) is 4.72 Å². The van der Waals surface area contributed by atoms with E-state index in [1.165, 1.54) is 35.5 Å². The first-order valence-corrected chi connectivity index (χ1v) is 11.8. The van der Waals surface area contributed by atoms with Crippen molar-refractivity contribution in [3.63, 3.8) is 0 Å². The lowest BCUT2D eigenvalue weighted by atomic mass is 9.91. The molecule has 0 saturated carbocycles. The number of halogens is 1. The highest BCUT2D eigenvalue weighted by Crippen LogP contribution is 2.36. The summed E-state index contributed by atoms with van der Waals surface area (Å²) in [5, 5.41) is 14.0. The molecule has 33 heavy (non-hydrogen) atoms. The fourth-order valence-corrected chi connectivity index (χ4v) is 4.68. The molecule has 1 unspecified atom stereocenters. The van der Waals surface area contributed by atoms with Crippen molar-refractivity contribution in [1.82, 2.24) is 9.97 Å². The molecule has 0 saturated heterocycles. The smallest absolute Gasteiger partial charge is 0.212 e. The van der Waals surface area contributed by atoms with Crippen molar-refractivity contribution in [3.05, 3.63) is 108 Å². The molecule has 5 aromatic rings. The summed E-state index contributed by atoms with van der Waals surface area (Å²) >= 11 is 3.00. The predicted molar refractivity (Wildman–Crippen MR) is 129 cm³/mol. The second-order valence-electron chi connectivity index (χ2n) is 7.20. The number of thiazole rings is 1. The number of aliphatic hydroxyl groups excluding tert-OH is 1. The highest BCUT2D eigenvalue weighted by Gasteiger charge is 2.18. The van der Waals surface area contributed by atoms with E-state index < -0.39 is 12.1 Å². The fraction of sp³-hybridized carbons (Fsp3) is 0.0400. The van der Waals surface area contributed by atoms with Gasteiger partial charge in [-0.3, -0.25) is 0 Å². The number of furan rings is 1. The molecule has 0 bridgehead atoms. The minimum absolute atomic E-state index is 0.524. The molecule has 8 heteroatoms. The van der Waals surface area contributed by atoms with Crippen LogP contribution in [0.4, 0.5) is 9.52 Å². The molecule has 2 N–H and O–H groups in total. The zero-order valence-electron chi connectivity index (χ0n) is 17.2. The Hall–Kier alpha value is -3.46.